The van der Waals surface area contributed by atoms with Gasteiger partial charge in [0.25, 0.3) is 0 Å². The molecule has 1 aromatic carbocycles. The molecular weight excluding hydrogens is 363 g/mol. The molecule has 20 heavy (non-hydrogen) atoms. The first kappa shape index (κ1) is 16.8. The fraction of sp³-hybridized carbons (Fsp3) is 0.273. The van der Waals surface area contributed by atoms with Crippen molar-refractivity contribution in [1.29, 1.82) is 0 Å². The zero-order valence-electron chi connectivity index (χ0n) is 9.83. The zero-order valence-corrected chi connectivity index (χ0v) is 12.2. The highest BCUT2D eigenvalue weighted by Crippen LogP contribution is 2.26. The highest BCUT2D eigenvalue weighted by Gasteiger charge is 2.27. The third-order valence-corrected chi connectivity index (χ3v) is 3.57. The van der Waals surface area contributed by atoms with E-state index >= 15 is 0 Å². The van der Waals surface area contributed by atoms with Crippen LogP contribution in [0.4, 0.5) is 13.2 Å². The number of nitrogens with one attached hydrogen (secondary N) is 1. The van der Waals surface area contributed by atoms with E-state index in [1.165, 1.54) is 18.2 Å². The SMILES string of the molecule is O=C(CSc1cc(Br)ccc1C(=O)O)NCC(F)(F)F. The van der Waals surface area contributed by atoms with E-state index in [1.54, 1.807) is 5.32 Å². The van der Waals surface area contributed by atoms with Gasteiger partial charge in [0.05, 0.1) is 11.3 Å². The summed E-state index contributed by atoms with van der Waals surface area (Å²) in [4.78, 5) is 22.5. The van der Waals surface area contributed by atoms with Crippen LogP contribution in [0, 0.1) is 0 Å². The lowest BCUT2D eigenvalue weighted by Gasteiger charge is -2.09. The van der Waals surface area contributed by atoms with Crippen LogP contribution in [0.2, 0.25) is 0 Å². The molecule has 0 saturated heterocycles. The Bertz CT molecular complexity index is 522. The fourth-order valence-corrected chi connectivity index (χ4v) is 2.61. The summed E-state index contributed by atoms with van der Waals surface area (Å²) in [6.45, 7) is -1.41. The molecular formula is C11H9BrF3NO3S. The van der Waals surface area contributed by atoms with Crippen molar-refractivity contribution in [2.45, 2.75) is 11.1 Å². The van der Waals surface area contributed by atoms with Gasteiger partial charge in [0.15, 0.2) is 0 Å². The quantitative estimate of drug-likeness (QED) is 0.781. The van der Waals surface area contributed by atoms with Gasteiger partial charge in [-0.15, -0.1) is 11.8 Å². The largest absolute Gasteiger partial charge is 0.478 e. The summed E-state index contributed by atoms with van der Waals surface area (Å²) >= 11 is 4.01. The van der Waals surface area contributed by atoms with Gasteiger partial charge in [-0.05, 0) is 18.2 Å². The smallest absolute Gasteiger partial charge is 0.405 e. The van der Waals surface area contributed by atoms with Gasteiger partial charge in [-0.2, -0.15) is 13.2 Å². The van der Waals surface area contributed by atoms with Gasteiger partial charge in [0.1, 0.15) is 6.54 Å². The van der Waals surface area contributed by atoms with Gasteiger partial charge < -0.3 is 10.4 Å². The Balaban J connectivity index is 2.63. The standard InChI is InChI=1S/C11H9BrF3NO3S/c12-6-1-2-7(10(18)19)8(3-6)20-4-9(17)16-5-11(13,14)15/h1-3H,4-5H2,(H,16,17)(H,18,19). The van der Waals surface area contributed by atoms with E-state index in [1.807, 2.05) is 0 Å². The molecule has 0 aliphatic carbocycles. The van der Waals surface area contributed by atoms with Crippen LogP contribution in [0.1, 0.15) is 10.4 Å². The average Bonchev–Trinajstić information content (AvgIpc) is 2.32. The number of carbonyl (C=O) groups is 2. The Morgan fingerprint density at radius 3 is 2.55 bits per heavy atom. The first-order valence-corrected chi connectivity index (χ1v) is 6.96. The highest BCUT2D eigenvalue weighted by molar-refractivity contribution is 9.10. The summed E-state index contributed by atoms with van der Waals surface area (Å²) < 4.78 is 36.3. The van der Waals surface area contributed by atoms with E-state index in [9.17, 15) is 22.8 Å². The second-order valence-corrected chi connectivity index (χ2v) is 5.56. The maximum atomic E-state index is 11.9. The van der Waals surface area contributed by atoms with Crippen LogP contribution < -0.4 is 5.32 Å². The van der Waals surface area contributed by atoms with Crippen molar-refractivity contribution in [1.82, 2.24) is 5.32 Å². The number of alkyl halides is 3. The molecule has 2 N–H and O–H groups in total. The molecule has 1 aromatic rings. The van der Waals surface area contributed by atoms with Gasteiger partial charge >= 0.3 is 12.1 Å². The minimum absolute atomic E-state index is 0.0122. The van der Waals surface area contributed by atoms with Gasteiger partial charge in [0.2, 0.25) is 5.91 Å². The van der Waals surface area contributed by atoms with Crippen molar-refractivity contribution in [2.75, 3.05) is 12.3 Å². The molecule has 0 aliphatic heterocycles. The molecule has 0 aromatic heterocycles. The summed E-state index contributed by atoms with van der Waals surface area (Å²) in [5.41, 5.74) is -0.0122. The molecule has 0 heterocycles. The van der Waals surface area contributed by atoms with E-state index in [4.69, 9.17) is 5.11 Å². The molecule has 0 bridgehead atoms. The Kier molecular flexibility index (Phi) is 5.88. The molecule has 1 rings (SSSR count). The number of hydrogen-bond acceptors (Lipinski definition) is 3. The summed E-state index contributed by atoms with van der Waals surface area (Å²) in [5, 5.41) is 10.7. The van der Waals surface area contributed by atoms with Gasteiger partial charge in [0, 0.05) is 9.37 Å². The number of aromatic carboxylic acids is 1. The number of hydrogen-bond donors (Lipinski definition) is 2. The number of thioether (sulfide) groups is 1. The topological polar surface area (TPSA) is 66.4 Å². The summed E-state index contributed by atoms with van der Waals surface area (Å²) in [5.74, 6) is -2.29. The van der Waals surface area contributed by atoms with Crippen molar-refractivity contribution >= 4 is 39.6 Å². The Morgan fingerprint density at radius 2 is 2.00 bits per heavy atom. The minimum Gasteiger partial charge on any atom is -0.478 e. The normalized spacial score (nSPS) is 11.2. The highest BCUT2D eigenvalue weighted by atomic mass is 79.9. The third-order valence-electron chi connectivity index (χ3n) is 2.02. The van der Waals surface area contributed by atoms with Crippen LogP contribution in [0.5, 0.6) is 0 Å². The van der Waals surface area contributed by atoms with Gasteiger partial charge in [-0.1, -0.05) is 15.9 Å². The lowest BCUT2D eigenvalue weighted by Crippen LogP contribution is -2.34. The summed E-state index contributed by atoms with van der Waals surface area (Å²) in [6.07, 6.45) is -4.47. The molecule has 0 radical (unpaired) electrons. The summed E-state index contributed by atoms with van der Waals surface area (Å²) in [6, 6.07) is 4.37. The van der Waals surface area contributed by atoms with Crippen LogP contribution in [-0.2, 0) is 4.79 Å². The lowest BCUT2D eigenvalue weighted by molar-refractivity contribution is -0.136. The first-order chi connectivity index (χ1) is 9.19. The van der Waals surface area contributed by atoms with Crippen molar-refractivity contribution in [3.05, 3.63) is 28.2 Å². The second kappa shape index (κ2) is 6.98. The predicted octanol–water partition coefficient (Wildman–Crippen LogP) is 2.92. The maximum Gasteiger partial charge on any atom is 0.405 e. The van der Waals surface area contributed by atoms with Gasteiger partial charge in [-0.25, -0.2) is 4.79 Å². The molecule has 4 nitrogen and oxygen atoms in total. The molecule has 0 saturated carbocycles. The van der Waals surface area contributed by atoms with Crippen LogP contribution >= 0.6 is 27.7 Å². The zero-order chi connectivity index (χ0) is 15.3. The molecule has 0 spiro atoms. The molecule has 110 valence electrons. The Labute approximate surface area is 124 Å². The molecule has 0 unspecified atom stereocenters. The predicted molar refractivity (Wildman–Crippen MR) is 70.9 cm³/mol. The van der Waals surface area contributed by atoms with Crippen molar-refractivity contribution in [3.8, 4) is 0 Å². The van der Waals surface area contributed by atoms with E-state index in [2.05, 4.69) is 15.9 Å². The number of halogens is 4. The monoisotopic (exact) mass is 371 g/mol. The molecule has 0 fully saturated rings. The van der Waals surface area contributed by atoms with Crippen molar-refractivity contribution in [2.24, 2.45) is 0 Å². The van der Waals surface area contributed by atoms with E-state index < -0.39 is 24.6 Å². The fourth-order valence-electron chi connectivity index (χ4n) is 1.19. The second-order valence-electron chi connectivity index (χ2n) is 3.63. The number of carboxylic acid groups (broad SMARTS) is 1. The summed E-state index contributed by atoms with van der Waals surface area (Å²) in [7, 11) is 0. The first-order valence-electron chi connectivity index (χ1n) is 5.18. The minimum atomic E-state index is -4.47. The average molecular weight is 372 g/mol. The Morgan fingerprint density at radius 1 is 1.35 bits per heavy atom. The van der Waals surface area contributed by atoms with E-state index in [0.717, 1.165) is 11.8 Å². The lowest BCUT2D eigenvalue weighted by atomic mass is 10.2. The van der Waals surface area contributed by atoms with Crippen LogP contribution in [0.15, 0.2) is 27.6 Å². The number of benzene rings is 1. The molecule has 1 amide bonds. The third kappa shape index (κ3) is 5.83. The van der Waals surface area contributed by atoms with E-state index in [-0.39, 0.29) is 11.3 Å². The molecule has 0 atom stereocenters. The number of amides is 1. The van der Waals surface area contributed by atoms with Crippen molar-refractivity contribution < 1.29 is 27.9 Å². The van der Waals surface area contributed by atoms with Crippen molar-refractivity contribution in [3.63, 3.8) is 0 Å². The number of rotatable bonds is 5. The Hall–Kier alpha value is -1.22. The molecule has 9 heteroatoms. The molecule has 0 aliphatic rings. The number of carbonyl (C=O) groups excluding carboxylic acids is 1. The van der Waals surface area contributed by atoms with Crippen LogP contribution in [0.3, 0.4) is 0 Å². The van der Waals surface area contributed by atoms with Crippen LogP contribution in [0.25, 0.3) is 0 Å². The van der Waals surface area contributed by atoms with Crippen LogP contribution in [-0.4, -0.2) is 35.5 Å². The maximum absolute atomic E-state index is 11.9. The number of carboxylic acids is 1. The van der Waals surface area contributed by atoms with E-state index in [0.29, 0.717) is 9.37 Å². The van der Waals surface area contributed by atoms with Gasteiger partial charge in [-0.3, -0.25) is 4.79 Å².